The molecule has 2 aromatic rings. The monoisotopic (exact) mass is 428 g/mol. The molecule has 1 aromatic heterocycles. The molecule has 1 aromatic carbocycles. The molecule has 0 unspecified atom stereocenters. The Balaban J connectivity index is 1.53. The maximum atomic E-state index is 5.97. The van der Waals surface area contributed by atoms with Gasteiger partial charge in [0.2, 0.25) is 0 Å². The van der Waals surface area contributed by atoms with Crippen LogP contribution in [-0.4, -0.2) is 66.6 Å². The fraction of sp³-hybridized carbons (Fsp3) is 0.565. The van der Waals surface area contributed by atoms with Crippen LogP contribution in [0, 0.1) is 13.8 Å². The number of aliphatic imine (C=N–C) groups is 1. The third kappa shape index (κ3) is 6.97. The molecule has 0 bridgehead atoms. The van der Waals surface area contributed by atoms with Crippen LogP contribution in [0.3, 0.4) is 0 Å². The number of nitrogens with one attached hydrogen (secondary N) is 2. The highest BCUT2D eigenvalue weighted by atomic mass is 16.5. The van der Waals surface area contributed by atoms with Crippen LogP contribution in [-0.2, 0) is 24.9 Å². The first-order chi connectivity index (χ1) is 15.1. The molecule has 0 amide bonds. The predicted molar refractivity (Wildman–Crippen MR) is 124 cm³/mol. The zero-order chi connectivity index (χ0) is 22.1. The fourth-order valence-electron chi connectivity index (χ4n) is 3.61. The molecule has 8 heteroatoms. The van der Waals surface area contributed by atoms with Gasteiger partial charge in [-0.3, -0.25) is 9.58 Å². The lowest BCUT2D eigenvalue weighted by atomic mass is 10.2. The quantitative estimate of drug-likeness (QED) is 0.470. The van der Waals surface area contributed by atoms with Gasteiger partial charge in [-0.25, -0.2) is 4.99 Å². The maximum absolute atomic E-state index is 5.97. The summed E-state index contributed by atoms with van der Waals surface area (Å²) in [6.45, 7) is 13.5. The van der Waals surface area contributed by atoms with Crippen molar-refractivity contribution >= 4 is 5.96 Å². The molecule has 2 N–H and O–H groups in total. The minimum atomic E-state index is 0.584. The van der Waals surface area contributed by atoms with Gasteiger partial charge in [0.1, 0.15) is 12.4 Å². The zero-order valence-electron chi connectivity index (χ0n) is 19.3. The van der Waals surface area contributed by atoms with Crippen molar-refractivity contribution in [3.8, 4) is 5.75 Å². The Kier molecular flexibility index (Phi) is 8.73. The number of hydrogen-bond donors (Lipinski definition) is 2. The van der Waals surface area contributed by atoms with E-state index < -0.39 is 0 Å². The van der Waals surface area contributed by atoms with Gasteiger partial charge in [-0.15, -0.1) is 0 Å². The number of guanidine groups is 1. The number of benzene rings is 1. The standard InChI is InChI=1S/C23H36N6O2/c1-5-24-23(26-17-22-18(2)27-28(4)19(22)3)25-16-20-7-6-8-21(15-20)31-14-11-29-9-12-30-13-10-29/h6-8,15H,5,9-14,16-17H2,1-4H3,(H2,24,25,26). The molecule has 0 spiro atoms. The Hall–Kier alpha value is -2.58. The van der Waals surface area contributed by atoms with E-state index in [0.29, 0.717) is 19.7 Å². The van der Waals surface area contributed by atoms with Crippen LogP contribution in [0.5, 0.6) is 5.75 Å². The molecule has 0 radical (unpaired) electrons. The summed E-state index contributed by atoms with van der Waals surface area (Å²) in [6, 6.07) is 8.18. The minimum absolute atomic E-state index is 0.584. The Bertz CT molecular complexity index is 858. The molecule has 3 rings (SSSR count). The van der Waals surface area contributed by atoms with E-state index in [1.807, 2.05) is 30.8 Å². The maximum Gasteiger partial charge on any atom is 0.191 e. The van der Waals surface area contributed by atoms with Crippen molar-refractivity contribution in [1.29, 1.82) is 0 Å². The molecule has 8 nitrogen and oxygen atoms in total. The van der Waals surface area contributed by atoms with Crippen LogP contribution < -0.4 is 15.4 Å². The van der Waals surface area contributed by atoms with Crippen LogP contribution in [0.4, 0.5) is 0 Å². The summed E-state index contributed by atoms with van der Waals surface area (Å²) < 4.78 is 13.3. The summed E-state index contributed by atoms with van der Waals surface area (Å²) in [4.78, 5) is 7.12. The molecule has 2 heterocycles. The van der Waals surface area contributed by atoms with Crippen molar-refractivity contribution in [1.82, 2.24) is 25.3 Å². The average molecular weight is 429 g/mol. The van der Waals surface area contributed by atoms with Crippen LogP contribution in [0.2, 0.25) is 0 Å². The molecular weight excluding hydrogens is 392 g/mol. The first-order valence-electron chi connectivity index (χ1n) is 11.1. The van der Waals surface area contributed by atoms with Gasteiger partial charge in [0.05, 0.1) is 25.5 Å². The van der Waals surface area contributed by atoms with E-state index in [1.54, 1.807) is 0 Å². The summed E-state index contributed by atoms with van der Waals surface area (Å²) in [7, 11) is 1.97. The minimum Gasteiger partial charge on any atom is -0.492 e. The Morgan fingerprint density at radius 1 is 1.23 bits per heavy atom. The highest BCUT2D eigenvalue weighted by molar-refractivity contribution is 5.79. The lowest BCUT2D eigenvalue weighted by molar-refractivity contribution is 0.0322. The van der Waals surface area contributed by atoms with Gasteiger partial charge >= 0.3 is 0 Å². The second-order valence-corrected chi connectivity index (χ2v) is 7.77. The molecule has 0 atom stereocenters. The van der Waals surface area contributed by atoms with Crippen molar-refractivity contribution in [2.24, 2.45) is 12.0 Å². The summed E-state index contributed by atoms with van der Waals surface area (Å²) in [5, 5.41) is 11.2. The molecule has 1 saturated heterocycles. The van der Waals surface area contributed by atoms with Gasteiger partial charge in [-0.2, -0.15) is 5.10 Å². The van der Waals surface area contributed by atoms with E-state index in [2.05, 4.69) is 46.6 Å². The topological polar surface area (TPSA) is 75.9 Å². The molecule has 31 heavy (non-hydrogen) atoms. The molecule has 1 fully saturated rings. The van der Waals surface area contributed by atoms with Crippen molar-refractivity contribution in [2.45, 2.75) is 33.9 Å². The average Bonchev–Trinajstić information content (AvgIpc) is 3.02. The number of morpholine rings is 1. The lowest BCUT2D eigenvalue weighted by Gasteiger charge is -2.26. The van der Waals surface area contributed by atoms with E-state index in [-0.39, 0.29) is 0 Å². The zero-order valence-corrected chi connectivity index (χ0v) is 19.3. The number of nitrogens with zero attached hydrogens (tertiary/aromatic N) is 4. The first-order valence-corrected chi connectivity index (χ1v) is 11.1. The van der Waals surface area contributed by atoms with Crippen molar-refractivity contribution in [3.05, 3.63) is 46.8 Å². The molecule has 0 saturated carbocycles. The van der Waals surface area contributed by atoms with Gasteiger partial charge in [0, 0.05) is 51.0 Å². The summed E-state index contributed by atoms with van der Waals surface area (Å²) >= 11 is 0. The summed E-state index contributed by atoms with van der Waals surface area (Å²) in [5.74, 6) is 1.68. The highest BCUT2D eigenvalue weighted by Gasteiger charge is 2.11. The number of aryl methyl sites for hydroxylation is 2. The molecule has 0 aliphatic carbocycles. The van der Waals surface area contributed by atoms with Crippen molar-refractivity contribution < 1.29 is 9.47 Å². The number of rotatable bonds is 9. The van der Waals surface area contributed by atoms with Gasteiger partial charge < -0.3 is 20.1 Å². The number of aromatic nitrogens is 2. The third-order valence-electron chi connectivity index (χ3n) is 5.53. The SMILES string of the molecule is CCNC(=NCc1cccc(OCCN2CCOCC2)c1)NCc1c(C)nn(C)c1C. The first kappa shape index (κ1) is 23.1. The largest absolute Gasteiger partial charge is 0.492 e. The van der Waals surface area contributed by atoms with E-state index in [9.17, 15) is 0 Å². The molecule has 170 valence electrons. The number of ether oxygens (including phenoxy) is 2. The van der Waals surface area contributed by atoms with Crippen LogP contribution >= 0.6 is 0 Å². The normalized spacial score (nSPS) is 15.2. The smallest absolute Gasteiger partial charge is 0.191 e. The Morgan fingerprint density at radius 3 is 2.74 bits per heavy atom. The van der Waals surface area contributed by atoms with E-state index >= 15 is 0 Å². The summed E-state index contributed by atoms with van der Waals surface area (Å²) in [6.07, 6.45) is 0. The molecular formula is C23H36N6O2. The van der Waals surface area contributed by atoms with E-state index in [4.69, 9.17) is 14.5 Å². The second-order valence-electron chi connectivity index (χ2n) is 7.77. The van der Waals surface area contributed by atoms with Crippen molar-refractivity contribution in [2.75, 3.05) is 46.0 Å². The molecule has 1 aliphatic rings. The number of hydrogen-bond acceptors (Lipinski definition) is 5. The van der Waals surface area contributed by atoms with Gasteiger partial charge in [-0.1, -0.05) is 12.1 Å². The second kappa shape index (κ2) is 11.7. The van der Waals surface area contributed by atoms with Gasteiger partial charge in [0.25, 0.3) is 0 Å². The third-order valence-corrected chi connectivity index (χ3v) is 5.53. The lowest BCUT2D eigenvalue weighted by Crippen LogP contribution is -2.38. The van der Waals surface area contributed by atoms with Gasteiger partial charge in [-0.05, 0) is 38.5 Å². The molecule has 1 aliphatic heterocycles. The predicted octanol–water partition coefficient (Wildman–Crippen LogP) is 2.00. The van der Waals surface area contributed by atoms with Crippen molar-refractivity contribution in [3.63, 3.8) is 0 Å². The van der Waals surface area contributed by atoms with Crippen LogP contribution in [0.15, 0.2) is 29.3 Å². The van der Waals surface area contributed by atoms with Crippen LogP contribution in [0.1, 0.15) is 29.4 Å². The summed E-state index contributed by atoms with van der Waals surface area (Å²) in [5.41, 5.74) is 4.55. The van der Waals surface area contributed by atoms with E-state index in [1.165, 1.54) is 11.3 Å². The fourth-order valence-corrected chi connectivity index (χ4v) is 3.61. The highest BCUT2D eigenvalue weighted by Crippen LogP contribution is 2.15. The van der Waals surface area contributed by atoms with E-state index in [0.717, 1.165) is 62.4 Å². The Morgan fingerprint density at radius 2 is 2.03 bits per heavy atom. The van der Waals surface area contributed by atoms with Gasteiger partial charge in [0.15, 0.2) is 5.96 Å². The Labute approximate surface area is 185 Å². The van der Waals surface area contributed by atoms with Crippen LogP contribution in [0.25, 0.3) is 0 Å².